The maximum absolute atomic E-state index is 11.5. The van der Waals surface area contributed by atoms with Crippen LogP contribution in [0.1, 0.15) is 28.6 Å². The molecule has 0 saturated carbocycles. The summed E-state index contributed by atoms with van der Waals surface area (Å²) < 4.78 is 10.3. The first kappa shape index (κ1) is 10.2. The second-order valence-electron chi connectivity index (χ2n) is 3.26. The highest BCUT2D eigenvalue weighted by Gasteiger charge is 2.16. The molecule has 0 radical (unpaired) electrons. The van der Waals surface area contributed by atoms with Crippen LogP contribution < -0.4 is 0 Å². The van der Waals surface area contributed by atoms with Crippen LogP contribution >= 0.6 is 0 Å². The number of carbonyl (C=O) groups is 1. The number of hydrogen-bond donors (Lipinski definition) is 0. The molecule has 1 aromatic rings. The molecular weight excluding hydrogens is 206 g/mol. The van der Waals surface area contributed by atoms with Gasteiger partial charge >= 0.3 is 0 Å². The summed E-state index contributed by atoms with van der Waals surface area (Å²) in [7, 11) is 0. The van der Waals surface area contributed by atoms with Crippen molar-refractivity contribution in [2.45, 2.75) is 12.7 Å². The van der Waals surface area contributed by atoms with Crippen molar-refractivity contribution in [3.63, 3.8) is 0 Å². The van der Waals surface area contributed by atoms with E-state index in [1.807, 2.05) is 6.07 Å². The molecular formula is C12H9NO3. The van der Waals surface area contributed by atoms with Crippen molar-refractivity contribution in [2.24, 2.45) is 0 Å². The molecule has 80 valence electrons. The van der Waals surface area contributed by atoms with Gasteiger partial charge in [0.05, 0.1) is 12.5 Å². The third-order valence-electron chi connectivity index (χ3n) is 2.18. The molecule has 0 bridgehead atoms. The fraction of sp³-hybridized carbons (Fsp3) is 0.167. The fourth-order valence-corrected chi connectivity index (χ4v) is 1.43. The van der Waals surface area contributed by atoms with Crippen LogP contribution in [-0.4, -0.2) is 5.78 Å². The van der Waals surface area contributed by atoms with E-state index in [1.165, 1.54) is 12.5 Å². The summed E-state index contributed by atoms with van der Waals surface area (Å²) in [4.78, 5) is 11.5. The first-order valence-corrected chi connectivity index (χ1v) is 4.77. The smallest absolute Gasteiger partial charge is 0.266 e. The number of rotatable bonds is 3. The van der Waals surface area contributed by atoms with Gasteiger partial charge in [0, 0.05) is 11.1 Å². The summed E-state index contributed by atoms with van der Waals surface area (Å²) >= 11 is 0. The lowest BCUT2D eigenvalue weighted by molar-refractivity contribution is -0.0246. The molecule has 0 atom stereocenters. The molecule has 1 aliphatic heterocycles. The number of nitrogens with zero attached hydrogens (tertiary/aromatic N) is 1. The van der Waals surface area contributed by atoms with Crippen LogP contribution in [0.4, 0.5) is 0 Å². The van der Waals surface area contributed by atoms with Gasteiger partial charge in [-0.3, -0.25) is 4.79 Å². The first-order chi connectivity index (χ1) is 7.81. The number of benzene rings is 1. The van der Waals surface area contributed by atoms with Crippen molar-refractivity contribution in [3.8, 4) is 6.07 Å². The minimum atomic E-state index is -0.491. The third kappa shape index (κ3) is 2.04. The van der Waals surface area contributed by atoms with Crippen LogP contribution in [0, 0.1) is 11.3 Å². The number of hydrogen-bond acceptors (Lipinski definition) is 4. The molecule has 0 saturated heterocycles. The zero-order valence-corrected chi connectivity index (χ0v) is 8.42. The van der Waals surface area contributed by atoms with Crippen LogP contribution in [0.5, 0.6) is 0 Å². The molecule has 1 heterocycles. The lowest BCUT2D eigenvalue weighted by Gasteiger charge is -2.10. The van der Waals surface area contributed by atoms with Crippen LogP contribution in [-0.2, 0) is 9.47 Å². The summed E-state index contributed by atoms with van der Waals surface area (Å²) in [5, 5.41) is 8.45. The Kier molecular flexibility index (Phi) is 2.88. The molecule has 0 amide bonds. The van der Waals surface area contributed by atoms with Gasteiger partial charge < -0.3 is 9.47 Å². The van der Waals surface area contributed by atoms with Crippen molar-refractivity contribution in [1.82, 2.24) is 0 Å². The molecule has 0 aromatic heterocycles. The van der Waals surface area contributed by atoms with Crippen molar-refractivity contribution < 1.29 is 14.3 Å². The van der Waals surface area contributed by atoms with E-state index < -0.39 is 6.29 Å². The Balaban J connectivity index is 2.19. The van der Waals surface area contributed by atoms with Gasteiger partial charge in [-0.25, -0.2) is 0 Å². The van der Waals surface area contributed by atoms with Crippen molar-refractivity contribution >= 4 is 5.78 Å². The summed E-state index contributed by atoms with van der Waals surface area (Å²) in [5.74, 6) is -0.199. The van der Waals surface area contributed by atoms with Crippen molar-refractivity contribution in [3.05, 3.63) is 47.9 Å². The standard InChI is InChI=1S/C12H9NO3/c13-5-4-11(14)9-2-1-3-10(8-9)12-15-6-7-16-12/h1-3,6-8,12H,4H2. The average Bonchev–Trinajstić information content (AvgIpc) is 2.83. The Labute approximate surface area is 92.7 Å². The highest BCUT2D eigenvalue weighted by molar-refractivity contribution is 5.97. The van der Waals surface area contributed by atoms with Crippen molar-refractivity contribution in [2.75, 3.05) is 0 Å². The highest BCUT2D eigenvalue weighted by Crippen LogP contribution is 2.24. The molecule has 16 heavy (non-hydrogen) atoms. The van der Waals surface area contributed by atoms with E-state index in [1.54, 1.807) is 24.3 Å². The van der Waals surface area contributed by atoms with E-state index in [2.05, 4.69) is 0 Å². The maximum atomic E-state index is 11.5. The second-order valence-corrected chi connectivity index (χ2v) is 3.26. The molecule has 0 spiro atoms. The number of ether oxygens (including phenoxy) is 2. The van der Waals surface area contributed by atoms with Crippen LogP contribution in [0.2, 0.25) is 0 Å². The average molecular weight is 215 g/mol. The molecule has 1 aromatic carbocycles. The van der Waals surface area contributed by atoms with E-state index in [9.17, 15) is 4.79 Å². The predicted octanol–water partition coefficient (Wildman–Crippen LogP) is 2.30. The molecule has 0 fully saturated rings. The topological polar surface area (TPSA) is 59.3 Å². The Morgan fingerprint density at radius 1 is 1.38 bits per heavy atom. The first-order valence-electron chi connectivity index (χ1n) is 4.77. The van der Waals surface area contributed by atoms with Crippen LogP contribution in [0.3, 0.4) is 0 Å². The largest absolute Gasteiger partial charge is 0.455 e. The summed E-state index contributed by atoms with van der Waals surface area (Å²) in [5.41, 5.74) is 1.26. The molecule has 4 nitrogen and oxygen atoms in total. The predicted molar refractivity (Wildman–Crippen MR) is 55.1 cm³/mol. The summed E-state index contributed by atoms with van der Waals surface area (Å²) in [6.45, 7) is 0. The van der Waals surface area contributed by atoms with Gasteiger partial charge in [0.2, 0.25) is 0 Å². The fourth-order valence-electron chi connectivity index (χ4n) is 1.43. The number of nitriles is 1. The zero-order valence-electron chi connectivity index (χ0n) is 8.42. The van der Waals surface area contributed by atoms with Gasteiger partial charge in [-0.05, 0) is 6.07 Å². The number of carbonyl (C=O) groups excluding carboxylic acids is 1. The van der Waals surface area contributed by atoms with E-state index in [-0.39, 0.29) is 12.2 Å². The van der Waals surface area contributed by atoms with E-state index in [0.717, 1.165) is 5.56 Å². The minimum Gasteiger partial charge on any atom is -0.455 e. The molecule has 0 aliphatic carbocycles. The van der Waals surface area contributed by atoms with Gasteiger partial charge in [0.25, 0.3) is 6.29 Å². The van der Waals surface area contributed by atoms with Crippen molar-refractivity contribution in [1.29, 1.82) is 5.26 Å². The van der Waals surface area contributed by atoms with Crippen LogP contribution in [0.25, 0.3) is 0 Å². The molecule has 1 aliphatic rings. The van der Waals surface area contributed by atoms with Gasteiger partial charge in [0.1, 0.15) is 12.5 Å². The number of Topliss-reactive ketones (excluding diaryl/α,β-unsaturated/α-hetero) is 1. The van der Waals surface area contributed by atoms with E-state index in [0.29, 0.717) is 5.56 Å². The Bertz CT molecular complexity index is 465. The van der Waals surface area contributed by atoms with Gasteiger partial charge in [-0.1, -0.05) is 18.2 Å². The van der Waals surface area contributed by atoms with E-state index in [4.69, 9.17) is 14.7 Å². The maximum Gasteiger partial charge on any atom is 0.266 e. The molecule has 0 N–H and O–H groups in total. The van der Waals surface area contributed by atoms with Gasteiger partial charge in [-0.15, -0.1) is 0 Å². The molecule has 0 unspecified atom stereocenters. The van der Waals surface area contributed by atoms with E-state index >= 15 is 0 Å². The Morgan fingerprint density at radius 2 is 2.12 bits per heavy atom. The highest BCUT2D eigenvalue weighted by atomic mass is 16.7. The van der Waals surface area contributed by atoms with Gasteiger partial charge in [0.15, 0.2) is 5.78 Å². The SMILES string of the molecule is N#CCC(=O)c1cccc(C2OC=CO2)c1. The molecule has 4 heteroatoms. The summed E-state index contributed by atoms with van der Waals surface area (Å²) in [6, 6.07) is 8.73. The van der Waals surface area contributed by atoms with Gasteiger partial charge in [-0.2, -0.15) is 5.26 Å². The Morgan fingerprint density at radius 3 is 2.81 bits per heavy atom. The quantitative estimate of drug-likeness (QED) is 0.726. The van der Waals surface area contributed by atoms with Crippen LogP contribution in [0.15, 0.2) is 36.8 Å². The number of ketones is 1. The lowest BCUT2D eigenvalue weighted by atomic mass is 10.1. The zero-order chi connectivity index (χ0) is 11.4. The monoisotopic (exact) mass is 215 g/mol. The molecule has 2 rings (SSSR count). The lowest BCUT2D eigenvalue weighted by Crippen LogP contribution is -2.02. The second kappa shape index (κ2) is 4.49. The summed E-state index contributed by atoms with van der Waals surface area (Å²) in [6.07, 6.45) is 2.30. The normalized spacial score (nSPS) is 13.9. The Hall–Kier alpha value is -2.28. The minimum absolute atomic E-state index is 0.117. The third-order valence-corrected chi connectivity index (χ3v) is 2.18.